The molecule has 0 aliphatic carbocycles. The van der Waals surface area contributed by atoms with Crippen LogP contribution in [0.25, 0.3) is 0 Å². The Morgan fingerprint density at radius 3 is 1.16 bits per heavy atom. The van der Waals surface area contributed by atoms with E-state index in [1.54, 1.807) is 0 Å². The lowest BCUT2D eigenvalue weighted by atomic mass is 10.5. The number of hydrogen-bond donors (Lipinski definition) is 0. The highest BCUT2D eigenvalue weighted by molar-refractivity contribution is 6.62. The van der Waals surface area contributed by atoms with Crippen LogP contribution in [0.4, 0.5) is 0 Å². The zero-order valence-electron chi connectivity index (χ0n) is 13.5. The summed E-state index contributed by atoms with van der Waals surface area (Å²) >= 11 is 0. The van der Waals surface area contributed by atoms with Crippen LogP contribution in [0.3, 0.4) is 0 Å². The topological polar surface area (TPSA) is 36.9 Å². The van der Waals surface area contributed by atoms with Gasteiger partial charge in [-0.1, -0.05) is 13.8 Å². The third kappa shape index (κ3) is 9.75. The average molecular weight is 309 g/mol. The van der Waals surface area contributed by atoms with Crippen LogP contribution in [-0.2, 0) is 18.9 Å². The molecular weight excluding hydrogens is 276 g/mol. The van der Waals surface area contributed by atoms with Crippen LogP contribution in [0.1, 0.15) is 41.5 Å². The fraction of sp³-hybridized carbons (Fsp3) is 1.00. The third-order valence-electron chi connectivity index (χ3n) is 2.85. The molecule has 116 valence electrons. The Labute approximate surface area is 123 Å². The molecule has 0 aliphatic rings. The van der Waals surface area contributed by atoms with Crippen LogP contribution in [-0.4, -0.2) is 57.3 Å². The van der Waals surface area contributed by atoms with Crippen LogP contribution in [0.15, 0.2) is 0 Å². The SMILES string of the molecule is CCOC(OCC)[SiH2]C(C)(C)[SiH2]C(OCC)OCC. The Morgan fingerprint density at radius 1 is 0.684 bits per heavy atom. The molecule has 0 heterocycles. The maximum Gasteiger partial charge on any atom is 0.135 e. The van der Waals surface area contributed by atoms with Gasteiger partial charge in [0, 0.05) is 26.4 Å². The molecule has 0 N–H and O–H groups in total. The molecule has 0 rings (SSSR count). The van der Waals surface area contributed by atoms with E-state index < -0.39 is 19.0 Å². The minimum atomic E-state index is -0.488. The summed E-state index contributed by atoms with van der Waals surface area (Å²) < 4.78 is 23.1. The molecule has 0 radical (unpaired) electrons. The first-order chi connectivity index (χ1) is 8.99. The summed E-state index contributed by atoms with van der Waals surface area (Å²) in [4.78, 5) is 0. The summed E-state index contributed by atoms with van der Waals surface area (Å²) in [7, 11) is -0.976. The Balaban J connectivity index is 4.38. The Morgan fingerprint density at radius 2 is 0.947 bits per heavy atom. The number of hydrogen-bond acceptors (Lipinski definition) is 4. The van der Waals surface area contributed by atoms with Gasteiger partial charge in [-0.05, 0) is 32.4 Å². The van der Waals surface area contributed by atoms with Gasteiger partial charge in [0.25, 0.3) is 0 Å². The van der Waals surface area contributed by atoms with Gasteiger partial charge in [-0.3, -0.25) is 0 Å². The van der Waals surface area contributed by atoms with Crippen molar-refractivity contribution in [3.8, 4) is 0 Å². The summed E-state index contributed by atoms with van der Waals surface area (Å²) in [5, 5.41) is 0. The van der Waals surface area contributed by atoms with Crippen molar-refractivity contribution in [2.45, 2.75) is 58.0 Å². The zero-order chi connectivity index (χ0) is 14.7. The first kappa shape index (κ1) is 19.3. The van der Waals surface area contributed by atoms with Crippen LogP contribution >= 0.6 is 0 Å². The molecular formula is C13H32O4Si2. The van der Waals surface area contributed by atoms with Gasteiger partial charge in [-0.2, -0.15) is 0 Å². The predicted molar refractivity (Wildman–Crippen MR) is 85.2 cm³/mol. The van der Waals surface area contributed by atoms with Gasteiger partial charge in [0.1, 0.15) is 11.8 Å². The van der Waals surface area contributed by atoms with Crippen molar-refractivity contribution in [1.82, 2.24) is 0 Å². The minimum Gasteiger partial charge on any atom is -0.357 e. The van der Waals surface area contributed by atoms with Crippen LogP contribution in [0.5, 0.6) is 0 Å². The van der Waals surface area contributed by atoms with E-state index in [9.17, 15) is 0 Å². The lowest BCUT2D eigenvalue weighted by molar-refractivity contribution is -0.0866. The van der Waals surface area contributed by atoms with Crippen LogP contribution in [0.2, 0.25) is 4.66 Å². The quantitative estimate of drug-likeness (QED) is 0.401. The highest BCUT2D eigenvalue weighted by Gasteiger charge is 2.29. The second-order valence-electron chi connectivity index (χ2n) is 5.25. The first-order valence-electron chi connectivity index (χ1n) is 7.45. The summed E-state index contributed by atoms with van der Waals surface area (Å²) in [5.74, 6) is 0.0582. The van der Waals surface area contributed by atoms with Crippen molar-refractivity contribution in [2.24, 2.45) is 0 Å². The Kier molecular flexibility index (Phi) is 11.1. The van der Waals surface area contributed by atoms with E-state index in [0.29, 0.717) is 4.66 Å². The van der Waals surface area contributed by atoms with Crippen molar-refractivity contribution in [1.29, 1.82) is 0 Å². The van der Waals surface area contributed by atoms with E-state index in [1.807, 2.05) is 27.7 Å². The summed E-state index contributed by atoms with van der Waals surface area (Å²) in [6, 6.07) is 0. The second-order valence-corrected chi connectivity index (χ2v) is 12.2. The molecule has 0 amide bonds. The molecule has 0 saturated heterocycles. The molecule has 6 heteroatoms. The van der Waals surface area contributed by atoms with Crippen molar-refractivity contribution in [2.75, 3.05) is 26.4 Å². The fourth-order valence-corrected chi connectivity index (χ4v) is 7.36. The van der Waals surface area contributed by atoms with E-state index in [0.717, 1.165) is 26.4 Å². The van der Waals surface area contributed by atoms with Gasteiger partial charge in [0.2, 0.25) is 0 Å². The van der Waals surface area contributed by atoms with Crippen LogP contribution in [0, 0.1) is 0 Å². The lowest BCUT2D eigenvalue weighted by Gasteiger charge is -2.31. The summed E-state index contributed by atoms with van der Waals surface area (Å²) in [6.07, 6.45) is 0. The maximum atomic E-state index is 5.70. The van der Waals surface area contributed by atoms with Crippen molar-refractivity contribution in [3.63, 3.8) is 0 Å². The molecule has 0 unspecified atom stereocenters. The van der Waals surface area contributed by atoms with Gasteiger partial charge in [0.15, 0.2) is 0 Å². The standard InChI is InChI=1S/C13H32O4Si2/c1-7-14-11(15-8-2)18-13(5,6)19-12(16-9-3)17-10-4/h11-12H,7-10,18-19H2,1-6H3. The molecule has 0 bridgehead atoms. The normalized spacial score (nSPS) is 13.9. The first-order valence-corrected chi connectivity index (χ1v) is 10.5. The summed E-state index contributed by atoms with van der Waals surface area (Å²) in [5.41, 5.74) is 0. The number of rotatable bonds is 12. The van der Waals surface area contributed by atoms with Crippen molar-refractivity contribution >= 4 is 19.0 Å². The van der Waals surface area contributed by atoms with Crippen LogP contribution < -0.4 is 0 Å². The van der Waals surface area contributed by atoms with E-state index in [2.05, 4.69) is 13.8 Å². The lowest BCUT2D eigenvalue weighted by Crippen LogP contribution is -2.40. The van der Waals surface area contributed by atoms with Crippen molar-refractivity contribution < 1.29 is 18.9 Å². The molecule has 0 spiro atoms. The molecule has 0 aromatic rings. The zero-order valence-corrected chi connectivity index (χ0v) is 16.4. The molecule has 0 aromatic heterocycles. The summed E-state index contributed by atoms with van der Waals surface area (Å²) in [6.45, 7) is 15.6. The third-order valence-corrected chi connectivity index (χ3v) is 8.40. The minimum absolute atomic E-state index is 0.0291. The molecule has 0 fully saturated rings. The molecule has 4 nitrogen and oxygen atoms in total. The second kappa shape index (κ2) is 11.0. The Bertz CT molecular complexity index is 183. The molecule has 0 aliphatic heterocycles. The predicted octanol–water partition coefficient (Wildman–Crippen LogP) is 1.19. The van der Waals surface area contributed by atoms with Gasteiger partial charge < -0.3 is 18.9 Å². The van der Waals surface area contributed by atoms with Crippen molar-refractivity contribution in [3.05, 3.63) is 0 Å². The van der Waals surface area contributed by atoms with Gasteiger partial charge >= 0.3 is 0 Å². The van der Waals surface area contributed by atoms with E-state index in [1.165, 1.54) is 0 Å². The fourth-order valence-electron chi connectivity index (χ4n) is 2.06. The van der Waals surface area contributed by atoms with E-state index in [4.69, 9.17) is 18.9 Å². The maximum absolute atomic E-state index is 5.70. The molecule has 0 saturated carbocycles. The molecule has 0 aromatic carbocycles. The largest absolute Gasteiger partial charge is 0.357 e. The van der Waals surface area contributed by atoms with E-state index in [-0.39, 0.29) is 11.8 Å². The van der Waals surface area contributed by atoms with Gasteiger partial charge in [-0.15, -0.1) is 0 Å². The number of ether oxygens (including phenoxy) is 4. The highest BCUT2D eigenvalue weighted by atomic mass is 28.3. The average Bonchev–Trinajstić information content (AvgIpc) is 2.29. The van der Waals surface area contributed by atoms with E-state index >= 15 is 0 Å². The monoisotopic (exact) mass is 308 g/mol. The molecule has 0 atom stereocenters. The Hall–Kier alpha value is 0.274. The smallest absolute Gasteiger partial charge is 0.135 e. The molecule has 19 heavy (non-hydrogen) atoms. The van der Waals surface area contributed by atoms with Gasteiger partial charge in [-0.25, -0.2) is 0 Å². The highest BCUT2D eigenvalue weighted by Crippen LogP contribution is 2.25. The van der Waals surface area contributed by atoms with Gasteiger partial charge in [0.05, 0.1) is 19.0 Å².